The van der Waals surface area contributed by atoms with E-state index in [1.54, 1.807) is 0 Å². The largest absolute Gasteiger partial charge is 0.150 e. The van der Waals surface area contributed by atoms with Crippen molar-refractivity contribution in [2.75, 3.05) is 0 Å². The van der Waals surface area contributed by atoms with Crippen LogP contribution < -0.4 is 0 Å². The molecule has 0 radical (unpaired) electrons. The summed E-state index contributed by atoms with van der Waals surface area (Å²) < 4.78 is 0. The van der Waals surface area contributed by atoms with E-state index in [1.807, 2.05) is 0 Å². The van der Waals surface area contributed by atoms with Crippen LogP contribution in [0.1, 0.15) is 0 Å². The SMILES string of the molecule is SC=C(Cl)C(Cl)Cl. The Hall–Kier alpha value is 0.960. The Morgan fingerprint density at radius 2 is 2.00 bits per heavy atom. The average Bonchev–Trinajstić information content (AvgIpc) is 1.65. The molecule has 0 heterocycles. The first kappa shape index (κ1) is 7.96. The summed E-state index contributed by atoms with van der Waals surface area (Å²) in [5, 5.41) is 1.69. The number of thiol groups is 1. The first-order chi connectivity index (χ1) is 3.18. The van der Waals surface area contributed by atoms with Crippen molar-refractivity contribution in [1.82, 2.24) is 0 Å². The third kappa shape index (κ3) is 3.53. The molecule has 0 spiro atoms. The van der Waals surface area contributed by atoms with Crippen molar-refractivity contribution in [3.63, 3.8) is 0 Å². The summed E-state index contributed by atoms with van der Waals surface area (Å²) in [6.07, 6.45) is 0. The smallest absolute Gasteiger partial charge is 0.143 e. The van der Waals surface area contributed by atoms with E-state index in [2.05, 4.69) is 12.6 Å². The molecule has 0 aliphatic heterocycles. The van der Waals surface area contributed by atoms with Gasteiger partial charge in [-0.15, -0.1) is 0 Å². The fourth-order valence-corrected chi connectivity index (χ4v) is 0.507. The Morgan fingerprint density at radius 1 is 1.57 bits per heavy atom. The summed E-state index contributed by atoms with van der Waals surface area (Å²) in [7, 11) is 0. The molecule has 0 amide bonds. The maximum Gasteiger partial charge on any atom is 0.143 e. The molecule has 0 fully saturated rings. The van der Waals surface area contributed by atoms with Gasteiger partial charge in [-0.25, -0.2) is 0 Å². The van der Waals surface area contributed by atoms with E-state index in [0.717, 1.165) is 0 Å². The molecule has 42 valence electrons. The fourth-order valence-electron chi connectivity index (χ4n) is 0.0563. The molecular formula is C3H3Cl3S. The van der Waals surface area contributed by atoms with E-state index in [4.69, 9.17) is 34.8 Å². The minimum absolute atomic E-state index is 0.340. The molecular weight excluding hydrogens is 174 g/mol. The molecule has 0 aliphatic carbocycles. The predicted molar refractivity (Wildman–Crippen MR) is 38.4 cm³/mol. The lowest BCUT2D eigenvalue weighted by atomic mass is 10.7. The monoisotopic (exact) mass is 176 g/mol. The topological polar surface area (TPSA) is 0 Å². The van der Waals surface area contributed by atoms with Gasteiger partial charge in [0, 0.05) is 0 Å². The van der Waals surface area contributed by atoms with Gasteiger partial charge in [0.2, 0.25) is 0 Å². The van der Waals surface area contributed by atoms with E-state index in [1.165, 1.54) is 5.41 Å². The van der Waals surface area contributed by atoms with Crippen LogP contribution in [0.2, 0.25) is 0 Å². The van der Waals surface area contributed by atoms with Crippen LogP contribution in [0.3, 0.4) is 0 Å². The Labute approximate surface area is 62.8 Å². The van der Waals surface area contributed by atoms with Crippen molar-refractivity contribution in [3.8, 4) is 0 Å². The number of allylic oxidation sites excluding steroid dienone is 1. The van der Waals surface area contributed by atoms with Gasteiger partial charge in [0.15, 0.2) is 0 Å². The van der Waals surface area contributed by atoms with Gasteiger partial charge in [-0.2, -0.15) is 12.6 Å². The number of rotatable bonds is 1. The summed E-state index contributed by atoms with van der Waals surface area (Å²) in [5.74, 6) is 0. The molecule has 0 nitrogen and oxygen atoms in total. The van der Waals surface area contributed by atoms with E-state index >= 15 is 0 Å². The molecule has 0 atom stereocenters. The van der Waals surface area contributed by atoms with Crippen molar-refractivity contribution in [2.24, 2.45) is 0 Å². The maximum atomic E-state index is 5.32. The lowest BCUT2D eigenvalue weighted by Crippen LogP contribution is -1.81. The third-order valence-corrected chi connectivity index (χ3v) is 1.78. The standard InChI is InChI=1S/C3H3Cl3S/c4-2(1-7)3(5)6/h1,3,7H. The Morgan fingerprint density at radius 3 is 2.00 bits per heavy atom. The first-order valence-corrected chi connectivity index (χ1v) is 3.23. The molecule has 0 unspecified atom stereocenters. The first-order valence-electron chi connectivity index (χ1n) is 1.46. The van der Waals surface area contributed by atoms with Crippen LogP contribution in [0.5, 0.6) is 0 Å². The van der Waals surface area contributed by atoms with Gasteiger partial charge >= 0.3 is 0 Å². The summed E-state index contributed by atoms with van der Waals surface area (Å²) in [6, 6.07) is 0. The van der Waals surface area contributed by atoms with Crippen molar-refractivity contribution >= 4 is 47.4 Å². The maximum absolute atomic E-state index is 5.32. The highest BCUT2D eigenvalue weighted by Crippen LogP contribution is 2.17. The zero-order valence-electron chi connectivity index (χ0n) is 3.24. The fraction of sp³-hybridized carbons (Fsp3) is 0.333. The second-order valence-corrected chi connectivity index (χ2v) is 2.61. The molecule has 0 bridgehead atoms. The van der Waals surface area contributed by atoms with Crippen LogP contribution >= 0.6 is 47.4 Å². The molecule has 0 aliphatic rings. The summed E-state index contributed by atoms with van der Waals surface area (Å²) >= 11 is 19.5. The second-order valence-electron chi connectivity index (χ2n) is 0.815. The Bertz CT molecular complexity index is 78.2. The van der Waals surface area contributed by atoms with Gasteiger partial charge in [0.1, 0.15) is 4.84 Å². The summed E-state index contributed by atoms with van der Waals surface area (Å²) in [5.41, 5.74) is 0. The van der Waals surface area contributed by atoms with Gasteiger partial charge in [-0.1, -0.05) is 34.8 Å². The minimum Gasteiger partial charge on any atom is -0.150 e. The second kappa shape index (κ2) is 3.90. The Kier molecular flexibility index (Phi) is 4.44. The van der Waals surface area contributed by atoms with Gasteiger partial charge < -0.3 is 0 Å². The van der Waals surface area contributed by atoms with Crippen LogP contribution in [0.4, 0.5) is 0 Å². The highest BCUT2D eigenvalue weighted by Gasteiger charge is 1.99. The molecule has 0 aromatic rings. The van der Waals surface area contributed by atoms with Crippen molar-refractivity contribution < 1.29 is 0 Å². The zero-order chi connectivity index (χ0) is 5.86. The van der Waals surface area contributed by atoms with Crippen molar-refractivity contribution in [1.29, 1.82) is 0 Å². The number of hydrogen-bond donors (Lipinski definition) is 1. The van der Waals surface area contributed by atoms with E-state index in [0.29, 0.717) is 5.03 Å². The van der Waals surface area contributed by atoms with Gasteiger partial charge in [0.05, 0.1) is 5.03 Å². The van der Waals surface area contributed by atoms with Gasteiger partial charge in [0.25, 0.3) is 0 Å². The van der Waals surface area contributed by atoms with Crippen molar-refractivity contribution in [3.05, 3.63) is 10.4 Å². The molecule has 0 saturated carbocycles. The summed E-state index contributed by atoms with van der Waals surface area (Å²) in [4.78, 5) is -0.640. The molecule has 4 heteroatoms. The predicted octanol–water partition coefficient (Wildman–Crippen LogP) is 2.80. The molecule has 0 aromatic heterocycles. The number of hydrogen-bond acceptors (Lipinski definition) is 1. The number of alkyl halides is 2. The van der Waals surface area contributed by atoms with E-state index in [9.17, 15) is 0 Å². The highest BCUT2D eigenvalue weighted by atomic mass is 35.5. The van der Waals surface area contributed by atoms with Crippen molar-refractivity contribution in [2.45, 2.75) is 4.84 Å². The lowest BCUT2D eigenvalue weighted by molar-refractivity contribution is 1.57. The lowest BCUT2D eigenvalue weighted by Gasteiger charge is -1.91. The normalized spacial score (nSPS) is 13.0. The molecule has 0 saturated heterocycles. The van der Waals surface area contributed by atoms with Gasteiger partial charge in [-0.3, -0.25) is 0 Å². The van der Waals surface area contributed by atoms with Crippen LogP contribution in [0, 0.1) is 0 Å². The summed E-state index contributed by atoms with van der Waals surface area (Å²) in [6.45, 7) is 0. The highest BCUT2D eigenvalue weighted by molar-refractivity contribution is 7.83. The van der Waals surface area contributed by atoms with Crippen LogP contribution in [-0.4, -0.2) is 4.84 Å². The van der Waals surface area contributed by atoms with Crippen LogP contribution in [0.15, 0.2) is 10.4 Å². The molecule has 0 rings (SSSR count). The number of halogens is 3. The Balaban J connectivity index is 3.56. The van der Waals surface area contributed by atoms with Crippen LogP contribution in [-0.2, 0) is 0 Å². The molecule has 0 N–H and O–H groups in total. The molecule has 7 heavy (non-hydrogen) atoms. The van der Waals surface area contributed by atoms with E-state index < -0.39 is 4.84 Å². The zero-order valence-corrected chi connectivity index (χ0v) is 6.40. The van der Waals surface area contributed by atoms with Crippen LogP contribution in [0.25, 0.3) is 0 Å². The molecule has 0 aromatic carbocycles. The average molecular weight is 177 g/mol. The minimum atomic E-state index is -0.640. The quantitative estimate of drug-likeness (QED) is 0.462. The van der Waals surface area contributed by atoms with Gasteiger partial charge in [-0.05, 0) is 5.41 Å². The van der Waals surface area contributed by atoms with E-state index in [-0.39, 0.29) is 0 Å². The third-order valence-electron chi connectivity index (χ3n) is 0.332.